The molecule has 0 radical (unpaired) electrons. The first-order chi connectivity index (χ1) is 12.9. The standard InChI is InChI=1S/C20H30N2O4S/c1-4-21(5-2)26-20(23)19-18(16-9-7-6-8-10-16)22(19)27(24,25)17-13-11-15(3)12-14-17/h11-14,16,18-19H,4-10H2,1-3H3. The summed E-state index contributed by atoms with van der Waals surface area (Å²) in [5, 5.41) is 1.56. The van der Waals surface area contributed by atoms with Gasteiger partial charge in [0, 0.05) is 13.1 Å². The van der Waals surface area contributed by atoms with E-state index >= 15 is 0 Å². The maximum atomic E-state index is 13.2. The van der Waals surface area contributed by atoms with Crippen molar-refractivity contribution in [1.29, 1.82) is 0 Å². The van der Waals surface area contributed by atoms with Crippen molar-refractivity contribution in [3.8, 4) is 0 Å². The van der Waals surface area contributed by atoms with Crippen molar-refractivity contribution in [2.45, 2.75) is 69.9 Å². The molecule has 0 N–H and O–H groups in total. The van der Waals surface area contributed by atoms with Gasteiger partial charge in [-0.15, -0.1) is 5.06 Å². The van der Waals surface area contributed by atoms with Gasteiger partial charge in [0.15, 0.2) is 0 Å². The Kier molecular flexibility index (Phi) is 6.23. The fraction of sp³-hybridized carbons (Fsp3) is 0.650. The molecule has 7 heteroatoms. The largest absolute Gasteiger partial charge is 0.366 e. The van der Waals surface area contributed by atoms with E-state index < -0.39 is 22.0 Å². The van der Waals surface area contributed by atoms with Crippen LogP contribution in [0.1, 0.15) is 51.5 Å². The van der Waals surface area contributed by atoms with Crippen molar-refractivity contribution in [3.63, 3.8) is 0 Å². The van der Waals surface area contributed by atoms with Crippen LogP contribution in [-0.4, -0.2) is 48.9 Å². The molecule has 1 aromatic carbocycles. The monoisotopic (exact) mass is 394 g/mol. The Morgan fingerprint density at radius 1 is 1.11 bits per heavy atom. The topological polar surface area (TPSA) is 66.7 Å². The molecule has 1 aliphatic heterocycles. The van der Waals surface area contributed by atoms with Crippen molar-refractivity contribution in [2.75, 3.05) is 13.1 Å². The van der Waals surface area contributed by atoms with Crippen LogP contribution < -0.4 is 0 Å². The fourth-order valence-electron chi connectivity index (χ4n) is 4.09. The van der Waals surface area contributed by atoms with Gasteiger partial charge in [0.2, 0.25) is 10.0 Å². The molecule has 6 nitrogen and oxygen atoms in total. The number of nitrogens with zero attached hydrogens (tertiary/aromatic N) is 2. The lowest BCUT2D eigenvalue weighted by Gasteiger charge is -2.21. The molecule has 1 saturated heterocycles. The van der Waals surface area contributed by atoms with E-state index in [0.29, 0.717) is 13.1 Å². The van der Waals surface area contributed by atoms with Gasteiger partial charge in [-0.2, -0.15) is 4.31 Å². The van der Waals surface area contributed by atoms with E-state index in [0.717, 1.165) is 31.2 Å². The van der Waals surface area contributed by atoms with Gasteiger partial charge >= 0.3 is 5.97 Å². The highest BCUT2D eigenvalue weighted by Gasteiger charge is 2.63. The average molecular weight is 395 g/mol. The maximum absolute atomic E-state index is 13.2. The number of carbonyl (C=O) groups excluding carboxylic acids is 1. The first-order valence-electron chi connectivity index (χ1n) is 9.97. The number of carbonyl (C=O) groups is 1. The van der Waals surface area contributed by atoms with E-state index in [1.54, 1.807) is 29.3 Å². The van der Waals surface area contributed by atoms with Gasteiger partial charge in [-0.1, -0.05) is 37.0 Å². The van der Waals surface area contributed by atoms with Crippen LogP contribution in [0.5, 0.6) is 0 Å². The van der Waals surface area contributed by atoms with Gasteiger partial charge in [0.05, 0.1) is 10.9 Å². The van der Waals surface area contributed by atoms with Crippen LogP contribution in [0.25, 0.3) is 0 Å². The Hall–Kier alpha value is -1.44. The first-order valence-corrected chi connectivity index (χ1v) is 11.4. The summed E-state index contributed by atoms with van der Waals surface area (Å²) in [6.07, 6.45) is 5.32. The third-order valence-electron chi connectivity index (χ3n) is 5.70. The van der Waals surface area contributed by atoms with Gasteiger partial charge < -0.3 is 4.84 Å². The molecule has 0 bridgehead atoms. The number of hydroxylamine groups is 2. The number of benzene rings is 1. The van der Waals surface area contributed by atoms with Gasteiger partial charge in [-0.05, 0) is 51.7 Å². The minimum Gasteiger partial charge on any atom is -0.366 e. The van der Waals surface area contributed by atoms with E-state index in [9.17, 15) is 13.2 Å². The Labute approximate surface area is 162 Å². The van der Waals surface area contributed by atoms with E-state index in [4.69, 9.17) is 4.84 Å². The summed E-state index contributed by atoms with van der Waals surface area (Å²) in [5.41, 5.74) is 1.00. The Bertz CT molecular complexity index is 753. The second-order valence-electron chi connectivity index (χ2n) is 7.51. The summed E-state index contributed by atoms with van der Waals surface area (Å²) in [6, 6.07) is 5.82. The van der Waals surface area contributed by atoms with E-state index in [1.165, 1.54) is 10.7 Å². The molecule has 0 amide bonds. The first kappa shape index (κ1) is 20.3. The average Bonchev–Trinajstić information content (AvgIpc) is 3.44. The van der Waals surface area contributed by atoms with Crippen LogP contribution in [0.2, 0.25) is 0 Å². The highest BCUT2D eigenvalue weighted by molar-refractivity contribution is 7.89. The number of hydrogen-bond donors (Lipinski definition) is 0. The predicted octanol–water partition coefficient (Wildman–Crippen LogP) is 3.12. The lowest BCUT2D eigenvalue weighted by Crippen LogP contribution is -2.31. The van der Waals surface area contributed by atoms with E-state index in [-0.39, 0.29) is 16.9 Å². The number of rotatable bonds is 7. The zero-order valence-electron chi connectivity index (χ0n) is 16.4. The summed E-state index contributed by atoms with van der Waals surface area (Å²) >= 11 is 0. The van der Waals surface area contributed by atoms with Crippen LogP contribution in [0, 0.1) is 12.8 Å². The summed E-state index contributed by atoms with van der Waals surface area (Å²) in [5.74, 6) is -0.224. The highest BCUT2D eigenvalue weighted by atomic mass is 32.2. The Balaban J connectivity index is 1.85. The summed E-state index contributed by atoms with van der Waals surface area (Å²) in [7, 11) is -3.71. The highest BCUT2D eigenvalue weighted by Crippen LogP contribution is 2.45. The van der Waals surface area contributed by atoms with Gasteiger partial charge in [-0.25, -0.2) is 13.2 Å². The van der Waals surface area contributed by atoms with Gasteiger partial charge in [-0.3, -0.25) is 0 Å². The van der Waals surface area contributed by atoms with Crippen molar-refractivity contribution in [3.05, 3.63) is 29.8 Å². The second-order valence-corrected chi connectivity index (χ2v) is 9.35. The molecule has 27 heavy (non-hydrogen) atoms. The second kappa shape index (κ2) is 8.29. The molecule has 1 heterocycles. The molecule has 1 saturated carbocycles. The summed E-state index contributed by atoms with van der Waals surface area (Å²) in [4.78, 5) is 18.5. The van der Waals surface area contributed by atoms with Crippen molar-refractivity contribution >= 4 is 16.0 Å². The number of sulfonamides is 1. The Morgan fingerprint density at radius 3 is 2.26 bits per heavy atom. The molecular weight excluding hydrogens is 364 g/mol. The van der Waals surface area contributed by atoms with Crippen molar-refractivity contribution in [2.24, 2.45) is 5.92 Å². The number of hydrogen-bond acceptors (Lipinski definition) is 5. The lowest BCUT2D eigenvalue weighted by atomic mass is 9.86. The van der Waals surface area contributed by atoms with Crippen LogP contribution in [0.15, 0.2) is 29.2 Å². The molecule has 0 aromatic heterocycles. The van der Waals surface area contributed by atoms with Crippen molar-refractivity contribution < 1.29 is 18.0 Å². The van der Waals surface area contributed by atoms with E-state index in [1.807, 2.05) is 20.8 Å². The third kappa shape index (κ3) is 4.20. The summed E-state index contributed by atoms with van der Waals surface area (Å²) in [6.45, 7) is 6.89. The van der Waals surface area contributed by atoms with Gasteiger partial charge in [0.25, 0.3) is 0 Å². The fourth-order valence-corrected chi connectivity index (χ4v) is 5.88. The maximum Gasteiger partial charge on any atom is 0.345 e. The van der Waals surface area contributed by atoms with Gasteiger partial charge in [0.1, 0.15) is 6.04 Å². The molecule has 150 valence electrons. The van der Waals surface area contributed by atoms with Crippen LogP contribution in [0.4, 0.5) is 0 Å². The molecular formula is C20H30N2O4S. The lowest BCUT2D eigenvalue weighted by molar-refractivity contribution is -0.188. The quantitative estimate of drug-likeness (QED) is 0.525. The molecule has 1 aliphatic carbocycles. The molecule has 2 fully saturated rings. The minimum absolute atomic E-state index is 0.230. The van der Waals surface area contributed by atoms with Crippen LogP contribution >= 0.6 is 0 Å². The smallest absolute Gasteiger partial charge is 0.345 e. The summed E-state index contributed by atoms with van der Waals surface area (Å²) < 4.78 is 27.8. The normalized spacial score (nSPS) is 26.1. The SMILES string of the molecule is CCN(CC)OC(=O)C1C(C2CCCCC2)N1S(=O)(=O)c1ccc(C)cc1. The minimum atomic E-state index is -3.71. The molecule has 0 spiro atoms. The zero-order valence-corrected chi connectivity index (χ0v) is 17.2. The zero-order chi connectivity index (χ0) is 19.6. The van der Waals surface area contributed by atoms with Crippen LogP contribution in [0.3, 0.4) is 0 Å². The van der Waals surface area contributed by atoms with Crippen molar-refractivity contribution in [1.82, 2.24) is 9.37 Å². The molecule has 2 aliphatic rings. The molecule has 3 atom stereocenters. The van der Waals surface area contributed by atoms with E-state index in [2.05, 4.69) is 0 Å². The predicted molar refractivity (Wildman–Crippen MR) is 103 cm³/mol. The molecule has 1 aromatic rings. The number of aryl methyl sites for hydroxylation is 1. The van der Waals surface area contributed by atoms with Crippen LogP contribution in [-0.2, 0) is 19.7 Å². The molecule has 3 unspecified atom stereocenters. The third-order valence-corrected chi connectivity index (χ3v) is 7.59. The molecule has 3 rings (SSSR count). The Morgan fingerprint density at radius 2 is 1.70 bits per heavy atom.